The Balaban J connectivity index is 1.48. The highest BCUT2D eigenvalue weighted by molar-refractivity contribution is 7.92. The van der Waals surface area contributed by atoms with Crippen LogP contribution in [0.25, 0.3) is 55.8 Å². The Bertz CT molecular complexity index is 2310. The van der Waals surface area contributed by atoms with Crippen LogP contribution < -0.4 is 10.0 Å². The summed E-state index contributed by atoms with van der Waals surface area (Å²) in [6.45, 7) is 2.12. The summed E-state index contributed by atoms with van der Waals surface area (Å²) in [6, 6.07) is 16.2. The second-order valence-electron chi connectivity index (χ2n) is 10.7. The number of pyridine rings is 1. The van der Waals surface area contributed by atoms with E-state index in [0.29, 0.717) is 41.4 Å². The molecule has 7 rings (SSSR count). The number of hydrogen-bond acceptors (Lipinski definition) is 5. The minimum atomic E-state index is -3.79. The molecule has 0 fully saturated rings. The van der Waals surface area contributed by atoms with Crippen molar-refractivity contribution in [1.29, 1.82) is 0 Å². The lowest BCUT2D eigenvalue weighted by Crippen LogP contribution is -2.18. The quantitative estimate of drug-likeness (QED) is 0.209. The van der Waals surface area contributed by atoms with Gasteiger partial charge in [-0.25, -0.2) is 26.6 Å². The number of rotatable bonds is 6. The fourth-order valence-corrected chi connectivity index (χ4v) is 6.52. The predicted molar refractivity (Wildman–Crippen MR) is 166 cm³/mol. The Morgan fingerprint density at radius 1 is 0.978 bits per heavy atom. The van der Waals surface area contributed by atoms with Gasteiger partial charge in [-0.15, -0.1) is 0 Å². The van der Waals surface area contributed by atoms with Crippen molar-refractivity contribution < 1.29 is 30.8 Å². The Morgan fingerprint density at radius 3 is 2.56 bits per heavy atom. The molecule has 0 spiro atoms. The number of aryl methyl sites for hydroxylation is 2. The van der Waals surface area contributed by atoms with Gasteiger partial charge < -0.3 is 14.3 Å². The van der Waals surface area contributed by atoms with Gasteiger partial charge in [0.25, 0.3) is 5.91 Å². The number of fused-ring (bicyclic) bond motifs is 6. The number of benzene rings is 3. The van der Waals surface area contributed by atoms with Gasteiger partial charge >= 0.3 is 0 Å². The van der Waals surface area contributed by atoms with E-state index in [2.05, 4.69) is 10.0 Å². The van der Waals surface area contributed by atoms with Gasteiger partial charge in [-0.05, 0) is 61.4 Å². The molecule has 0 bridgehead atoms. The van der Waals surface area contributed by atoms with E-state index in [4.69, 9.17) is 9.40 Å². The first-order valence-electron chi connectivity index (χ1n) is 14.2. The Kier molecular flexibility index (Phi) is 6.70. The first kappa shape index (κ1) is 28.7. The van der Waals surface area contributed by atoms with Gasteiger partial charge in [-0.3, -0.25) is 9.52 Å². The molecule has 0 unspecified atom stereocenters. The zero-order valence-corrected chi connectivity index (χ0v) is 24.9. The summed E-state index contributed by atoms with van der Waals surface area (Å²) in [5.74, 6) is -3.04. The highest BCUT2D eigenvalue weighted by atomic mass is 32.2. The Morgan fingerprint density at radius 2 is 1.80 bits per heavy atom. The molecular weight excluding hydrogens is 605 g/mol. The van der Waals surface area contributed by atoms with Crippen molar-refractivity contribution in [2.24, 2.45) is 0 Å². The van der Waals surface area contributed by atoms with Gasteiger partial charge in [0.05, 0.1) is 45.2 Å². The molecule has 0 saturated heterocycles. The van der Waals surface area contributed by atoms with E-state index in [1.54, 1.807) is 24.3 Å². The maximum absolute atomic E-state index is 14.9. The van der Waals surface area contributed by atoms with Crippen molar-refractivity contribution in [3.63, 3.8) is 0 Å². The Labute approximate surface area is 255 Å². The fraction of sp³-hybridized carbons (Fsp3) is 0.152. The average molecular weight is 631 g/mol. The van der Waals surface area contributed by atoms with E-state index in [1.165, 1.54) is 32.2 Å². The summed E-state index contributed by atoms with van der Waals surface area (Å²) < 4.78 is 79.5. The van der Waals surface area contributed by atoms with Crippen LogP contribution in [0.2, 0.25) is 0 Å². The molecule has 0 atom stereocenters. The summed E-state index contributed by atoms with van der Waals surface area (Å²) in [5, 5.41) is 3.27. The van der Waals surface area contributed by atoms with E-state index >= 15 is 0 Å². The maximum Gasteiger partial charge on any atom is 0.255 e. The van der Waals surface area contributed by atoms with Crippen LogP contribution in [0.3, 0.4) is 0 Å². The van der Waals surface area contributed by atoms with E-state index in [0.717, 1.165) is 22.8 Å². The lowest BCUT2D eigenvalue weighted by atomic mass is 9.98. The number of aromatic nitrogens is 2. The predicted octanol–water partition coefficient (Wildman–Crippen LogP) is 6.88. The fourth-order valence-electron chi connectivity index (χ4n) is 5.87. The van der Waals surface area contributed by atoms with E-state index in [9.17, 15) is 26.4 Å². The van der Waals surface area contributed by atoms with Crippen molar-refractivity contribution in [2.45, 2.75) is 19.9 Å². The molecule has 2 N–H and O–H groups in total. The van der Waals surface area contributed by atoms with Gasteiger partial charge in [0.2, 0.25) is 10.0 Å². The second-order valence-corrected chi connectivity index (χ2v) is 12.7. The SMILES string of the molecule is CCS(=O)(=O)Nc1cc2oc(-c3ccc(F)cc3F)c(C(=O)NC)c2cc1-c1ccc2c(n1)-c1cc3c(F)cccc3n1CC2. The van der Waals surface area contributed by atoms with Crippen LogP contribution in [0.5, 0.6) is 0 Å². The van der Waals surface area contributed by atoms with Crippen molar-refractivity contribution in [1.82, 2.24) is 14.9 Å². The van der Waals surface area contributed by atoms with Gasteiger partial charge in [0, 0.05) is 42.1 Å². The van der Waals surface area contributed by atoms with Gasteiger partial charge in [0.1, 0.15) is 23.0 Å². The average Bonchev–Trinajstić information content (AvgIpc) is 3.59. The van der Waals surface area contributed by atoms with Gasteiger partial charge in [-0.2, -0.15) is 0 Å². The molecule has 4 heterocycles. The van der Waals surface area contributed by atoms with Crippen LogP contribution in [-0.2, 0) is 23.0 Å². The summed E-state index contributed by atoms with van der Waals surface area (Å²) in [4.78, 5) is 18.1. The summed E-state index contributed by atoms with van der Waals surface area (Å²) in [6.07, 6.45) is 0.652. The van der Waals surface area contributed by atoms with Crippen LogP contribution in [-0.4, -0.2) is 36.7 Å². The molecule has 6 aromatic rings. The second kappa shape index (κ2) is 10.5. The highest BCUT2D eigenvalue weighted by Crippen LogP contribution is 2.42. The maximum atomic E-state index is 14.9. The third kappa shape index (κ3) is 4.72. The molecule has 0 saturated carbocycles. The number of amides is 1. The number of halogens is 3. The molecule has 0 aliphatic carbocycles. The largest absolute Gasteiger partial charge is 0.455 e. The van der Waals surface area contributed by atoms with Crippen molar-refractivity contribution in [3.8, 4) is 34.0 Å². The van der Waals surface area contributed by atoms with E-state index < -0.39 is 27.6 Å². The number of furan rings is 1. The number of nitrogens with zero attached hydrogens (tertiary/aromatic N) is 2. The first-order chi connectivity index (χ1) is 21.6. The number of hydrogen-bond donors (Lipinski definition) is 2. The van der Waals surface area contributed by atoms with Crippen molar-refractivity contribution >= 4 is 43.5 Å². The van der Waals surface area contributed by atoms with Crippen LogP contribution >= 0.6 is 0 Å². The molecule has 1 amide bonds. The molecule has 1 aliphatic heterocycles. The first-order valence-corrected chi connectivity index (χ1v) is 15.8. The van der Waals surface area contributed by atoms with Crippen LogP contribution in [0.15, 0.2) is 71.1 Å². The smallest absolute Gasteiger partial charge is 0.255 e. The lowest BCUT2D eigenvalue weighted by Gasteiger charge is -2.20. The molecule has 228 valence electrons. The van der Waals surface area contributed by atoms with Gasteiger partial charge in [0.15, 0.2) is 5.76 Å². The van der Waals surface area contributed by atoms with E-state index in [1.807, 2.05) is 16.7 Å². The molecular formula is C33H25F3N4O4S. The topological polar surface area (TPSA) is 106 Å². The number of carbonyl (C=O) groups excluding carboxylic acids is 1. The third-order valence-corrected chi connectivity index (χ3v) is 9.39. The van der Waals surface area contributed by atoms with Crippen molar-refractivity contribution in [2.75, 3.05) is 17.5 Å². The highest BCUT2D eigenvalue weighted by Gasteiger charge is 2.27. The number of sulfonamides is 1. The summed E-state index contributed by atoms with van der Waals surface area (Å²) in [5.41, 5.74) is 3.80. The van der Waals surface area contributed by atoms with Crippen LogP contribution in [0.1, 0.15) is 22.8 Å². The molecule has 0 radical (unpaired) electrons. The molecule has 3 aromatic heterocycles. The summed E-state index contributed by atoms with van der Waals surface area (Å²) in [7, 11) is -2.39. The monoisotopic (exact) mass is 630 g/mol. The zero-order chi connectivity index (χ0) is 31.6. The Hall–Kier alpha value is -5.10. The standard InChI is InChI=1S/C33H25F3N4O4S/c1-3-45(42,43)39-26-16-29-22(30(33(41)37-2)32(44-29)19-9-8-18(34)13-24(19)36)14-21(26)25-10-7-17-11-12-40-27-6-4-5-23(35)20(27)15-28(40)31(17)38-25/h4-10,13-16,39H,3,11-12H2,1-2H3,(H,37,41). The summed E-state index contributed by atoms with van der Waals surface area (Å²) >= 11 is 0. The van der Waals surface area contributed by atoms with Crippen molar-refractivity contribution in [3.05, 3.63) is 95.3 Å². The van der Waals surface area contributed by atoms with Crippen LogP contribution in [0.4, 0.5) is 18.9 Å². The number of carbonyl (C=O) groups is 1. The number of nitrogens with one attached hydrogen (secondary N) is 2. The van der Waals surface area contributed by atoms with Crippen LogP contribution in [0, 0.1) is 17.5 Å². The molecule has 12 heteroatoms. The number of anilines is 1. The molecule has 45 heavy (non-hydrogen) atoms. The van der Waals surface area contributed by atoms with E-state index in [-0.39, 0.29) is 45.1 Å². The lowest BCUT2D eigenvalue weighted by molar-refractivity contribution is 0.0964. The molecule has 8 nitrogen and oxygen atoms in total. The molecule has 3 aromatic carbocycles. The third-order valence-electron chi connectivity index (χ3n) is 8.10. The minimum Gasteiger partial charge on any atom is -0.455 e. The zero-order valence-electron chi connectivity index (χ0n) is 24.0. The minimum absolute atomic E-state index is 0.0160. The molecule has 1 aliphatic rings. The van der Waals surface area contributed by atoms with Gasteiger partial charge in [-0.1, -0.05) is 12.1 Å². The normalized spacial score (nSPS) is 12.7.